The molecule has 2 aromatic rings. The largest absolute Gasteiger partial charge is 0.356 e. The number of aryl methyl sites for hydroxylation is 1. The summed E-state index contributed by atoms with van der Waals surface area (Å²) in [6, 6.07) is 8.02. The maximum atomic E-state index is 12.5. The predicted molar refractivity (Wildman–Crippen MR) is 140 cm³/mol. The van der Waals surface area contributed by atoms with Crippen LogP contribution in [0.1, 0.15) is 54.5 Å². The van der Waals surface area contributed by atoms with Crippen LogP contribution in [0, 0.1) is 5.92 Å². The molecular weight excluding hydrogens is 521 g/mol. The summed E-state index contributed by atoms with van der Waals surface area (Å²) < 4.78 is 0. The van der Waals surface area contributed by atoms with E-state index in [1.807, 2.05) is 24.4 Å². The van der Waals surface area contributed by atoms with Gasteiger partial charge in [0.1, 0.15) is 0 Å². The van der Waals surface area contributed by atoms with Crippen molar-refractivity contribution in [3.8, 4) is 0 Å². The van der Waals surface area contributed by atoms with E-state index in [9.17, 15) is 4.79 Å². The SMILES string of the molecule is CCc1cnc(CCNC(=NC)NCc2cccc(NC(=O)C3CCCCC3)c2)s1.I. The van der Waals surface area contributed by atoms with Crippen LogP contribution in [0.2, 0.25) is 0 Å². The third-order valence-electron chi connectivity index (χ3n) is 5.44. The maximum Gasteiger partial charge on any atom is 0.227 e. The van der Waals surface area contributed by atoms with Crippen LogP contribution in [-0.4, -0.2) is 30.4 Å². The van der Waals surface area contributed by atoms with Gasteiger partial charge in [0, 0.05) is 49.2 Å². The molecule has 1 aliphatic rings. The normalized spacial score (nSPS) is 14.6. The number of hydrogen-bond donors (Lipinski definition) is 3. The molecule has 3 N–H and O–H groups in total. The summed E-state index contributed by atoms with van der Waals surface area (Å²) in [7, 11) is 1.77. The van der Waals surface area contributed by atoms with Crippen LogP contribution in [0.15, 0.2) is 35.5 Å². The van der Waals surface area contributed by atoms with E-state index < -0.39 is 0 Å². The second-order valence-electron chi connectivity index (χ2n) is 7.70. The van der Waals surface area contributed by atoms with Gasteiger partial charge in [-0.05, 0) is 37.0 Å². The number of nitrogens with zero attached hydrogens (tertiary/aromatic N) is 2. The second kappa shape index (κ2) is 13.7. The highest BCUT2D eigenvalue weighted by atomic mass is 127. The zero-order valence-corrected chi connectivity index (χ0v) is 21.6. The number of nitrogens with one attached hydrogen (secondary N) is 3. The number of benzene rings is 1. The first kappa shape index (κ1) is 25.6. The maximum absolute atomic E-state index is 12.5. The van der Waals surface area contributed by atoms with Gasteiger partial charge in [-0.3, -0.25) is 9.79 Å². The van der Waals surface area contributed by atoms with E-state index in [4.69, 9.17) is 0 Å². The summed E-state index contributed by atoms with van der Waals surface area (Å²) in [5, 5.41) is 10.9. The van der Waals surface area contributed by atoms with Crippen molar-refractivity contribution in [3.63, 3.8) is 0 Å². The van der Waals surface area contributed by atoms with Gasteiger partial charge in [-0.25, -0.2) is 4.98 Å². The number of hydrogen-bond acceptors (Lipinski definition) is 4. The van der Waals surface area contributed by atoms with Crippen molar-refractivity contribution >= 4 is 52.9 Å². The minimum atomic E-state index is 0. The molecule has 0 bridgehead atoms. The molecule has 0 radical (unpaired) electrons. The van der Waals surface area contributed by atoms with Crippen molar-refractivity contribution < 1.29 is 4.79 Å². The highest BCUT2D eigenvalue weighted by Crippen LogP contribution is 2.25. The topological polar surface area (TPSA) is 78.4 Å². The third-order valence-corrected chi connectivity index (χ3v) is 6.64. The molecule has 6 nitrogen and oxygen atoms in total. The number of guanidine groups is 1. The van der Waals surface area contributed by atoms with Gasteiger partial charge >= 0.3 is 0 Å². The van der Waals surface area contributed by atoms with E-state index in [1.54, 1.807) is 18.4 Å². The number of carbonyl (C=O) groups is 1. The Morgan fingerprint density at radius 2 is 2.03 bits per heavy atom. The highest BCUT2D eigenvalue weighted by molar-refractivity contribution is 14.0. The zero-order chi connectivity index (χ0) is 21.2. The monoisotopic (exact) mass is 555 g/mol. The first-order chi connectivity index (χ1) is 14.7. The summed E-state index contributed by atoms with van der Waals surface area (Å²) in [4.78, 5) is 22.6. The number of amides is 1. The summed E-state index contributed by atoms with van der Waals surface area (Å²) in [5.41, 5.74) is 1.97. The van der Waals surface area contributed by atoms with Crippen LogP contribution in [0.25, 0.3) is 0 Å². The molecule has 0 atom stereocenters. The van der Waals surface area contributed by atoms with Crippen molar-refractivity contribution in [3.05, 3.63) is 45.9 Å². The molecule has 0 aliphatic heterocycles. The van der Waals surface area contributed by atoms with Gasteiger partial charge in [0.2, 0.25) is 5.91 Å². The number of rotatable bonds is 8. The number of carbonyl (C=O) groups excluding carboxylic acids is 1. The van der Waals surface area contributed by atoms with Gasteiger partial charge in [0.15, 0.2) is 5.96 Å². The Bertz CT molecular complexity index is 848. The second-order valence-corrected chi connectivity index (χ2v) is 8.90. The van der Waals surface area contributed by atoms with Crippen LogP contribution >= 0.6 is 35.3 Å². The molecule has 0 unspecified atom stereocenters. The van der Waals surface area contributed by atoms with E-state index in [-0.39, 0.29) is 35.8 Å². The third kappa shape index (κ3) is 8.40. The van der Waals surface area contributed by atoms with Crippen molar-refractivity contribution in [1.29, 1.82) is 0 Å². The minimum Gasteiger partial charge on any atom is -0.356 e. The Morgan fingerprint density at radius 1 is 1.23 bits per heavy atom. The molecule has 1 fully saturated rings. The molecule has 8 heteroatoms. The molecular formula is C23H34IN5OS. The molecule has 1 heterocycles. The average molecular weight is 556 g/mol. The average Bonchev–Trinajstić information content (AvgIpc) is 3.25. The van der Waals surface area contributed by atoms with E-state index in [2.05, 4.69) is 38.9 Å². The molecule has 3 rings (SSSR count). The fourth-order valence-corrected chi connectivity index (χ4v) is 4.55. The van der Waals surface area contributed by atoms with Gasteiger partial charge < -0.3 is 16.0 Å². The van der Waals surface area contributed by atoms with Crippen molar-refractivity contribution in [2.45, 2.75) is 58.4 Å². The smallest absolute Gasteiger partial charge is 0.227 e. The van der Waals surface area contributed by atoms with Crippen LogP contribution in [0.3, 0.4) is 0 Å². The number of halogens is 1. The van der Waals surface area contributed by atoms with Gasteiger partial charge in [-0.2, -0.15) is 0 Å². The lowest BCUT2D eigenvalue weighted by molar-refractivity contribution is -0.120. The van der Waals surface area contributed by atoms with E-state index in [0.29, 0.717) is 6.54 Å². The van der Waals surface area contributed by atoms with Gasteiger partial charge in [0.05, 0.1) is 5.01 Å². The summed E-state index contributed by atoms with van der Waals surface area (Å²) in [5.74, 6) is 1.08. The van der Waals surface area contributed by atoms with Gasteiger partial charge in [-0.15, -0.1) is 35.3 Å². The molecule has 1 amide bonds. The standard InChI is InChI=1S/C23H33N5OS.HI/c1-3-20-16-26-21(30-20)12-13-25-23(24-2)27-15-17-8-7-11-19(14-17)28-22(29)18-9-5-4-6-10-18;/h7-8,11,14,16,18H,3-6,9-10,12-13,15H2,1-2H3,(H,28,29)(H2,24,25,27);1H. The Hall–Kier alpha value is -1.68. The Morgan fingerprint density at radius 3 is 2.74 bits per heavy atom. The van der Waals surface area contributed by atoms with Crippen molar-refractivity contribution in [2.24, 2.45) is 10.9 Å². The summed E-state index contributed by atoms with van der Waals surface area (Å²) in [6.07, 6.45) is 9.48. The Labute approximate surface area is 206 Å². The predicted octanol–water partition coefficient (Wildman–Crippen LogP) is 4.75. The highest BCUT2D eigenvalue weighted by Gasteiger charge is 2.21. The fraction of sp³-hybridized carbons (Fsp3) is 0.522. The minimum absolute atomic E-state index is 0. The lowest BCUT2D eigenvalue weighted by Crippen LogP contribution is -2.37. The Balaban J connectivity index is 0.00000341. The molecule has 0 spiro atoms. The molecule has 0 saturated heterocycles. The van der Waals surface area contributed by atoms with Crippen molar-refractivity contribution in [2.75, 3.05) is 18.9 Å². The summed E-state index contributed by atoms with van der Waals surface area (Å²) in [6.45, 7) is 3.58. The first-order valence-corrected chi connectivity index (χ1v) is 11.8. The van der Waals surface area contributed by atoms with Crippen LogP contribution in [0.4, 0.5) is 5.69 Å². The lowest BCUT2D eigenvalue weighted by atomic mass is 9.88. The van der Waals surface area contributed by atoms with Gasteiger partial charge in [0.25, 0.3) is 0 Å². The van der Waals surface area contributed by atoms with Crippen LogP contribution in [-0.2, 0) is 24.2 Å². The van der Waals surface area contributed by atoms with E-state index >= 15 is 0 Å². The first-order valence-electron chi connectivity index (χ1n) is 11.0. The van der Waals surface area contributed by atoms with Crippen LogP contribution < -0.4 is 16.0 Å². The fourth-order valence-electron chi connectivity index (χ4n) is 3.69. The molecule has 170 valence electrons. The quantitative estimate of drug-likeness (QED) is 0.250. The number of aromatic nitrogens is 1. The number of aliphatic imine (C=N–C) groups is 1. The molecule has 1 aromatic carbocycles. The number of anilines is 1. The van der Waals surface area contributed by atoms with E-state index in [1.165, 1.54) is 11.3 Å². The molecule has 1 aliphatic carbocycles. The Kier molecular flexibility index (Phi) is 11.3. The van der Waals surface area contributed by atoms with Crippen LogP contribution in [0.5, 0.6) is 0 Å². The zero-order valence-electron chi connectivity index (χ0n) is 18.4. The van der Waals surface area contributed by atoms with E-state index in [0.717, 1.165) is 67.3 Å². The van der Waals surface area contributed by atoms with Gasteiger partial charge in [-0.1, -0.05) is 38.3 Å². The summed E-state index contributed by atoms with van der Waals surface area (Å²) >= 11 is 1.77. The molecule has 31 heavy (non-hydrogen) atoms. The van der Waals surface area contributed by atoms with Crippen molar-refractivity contribution in [1.82, 2.24) is 15.6 Å². The lowest BCUT2D eigenvalue weighted by Gasteiger charge is -2.21. The molecule has 1 saturated carbocycles. The number of thiazole rings is 1. The molecule has 1 aromatic heterocycles.